The predicted octanol–water partition coefficient (Wildman–Crippen LogP) is 2.23. The van der Waals surface area contributed by atoms with E-state index in [1.165, 1.54) is 0 Å². The van der Waals surface area contributed by atoms with E-state index in [2.05, 4.69) is 20.9 Å². The molecule has 1 fully saturated rings. The van der Waals surface area contributed by atoms with Gasteiger partial charge in [-0.2, -0.15) is 0 Å². The van der Waals surface area contributed by atoms with Crippen LogP contribution in [-0.2, 0) is 11.2 Å². The van der Waals surface area contributed by atoms with E-state index < -0.39 is 5.54 Å². The number of nitrogens with two attached hydrogens (primary N) is 1. The van der Waals surface area contributed by atoms with Gasteiger partial charge >= 0.3 is 0 Å². The van der Waals surface area contributed by atoms with Gasteiger partial charge in [-0.25, -0.2) is 0 Å². The Labute approximate surface area is 104 Å². The van der Waals surface area contributed by atoms with Gasteiger partial charge in [0, 0.05) is 23.3 Å². The summed E-state index contributed by atoms with van der Waals surface area (Å²) in [6.45, 7) is 0. The van der Waals surface area contributed by atoms with Crippen molar-refractivity contribution in [1.82, 2.24) is 4.98 Å². The number of hydrogen-bond donors (Lipinski definition) is 1. The highest BCUT2D eigenvalue weighted by Gasteiger charge is 2.36. The molecular formula is C12H15BrN2O. The van der Waals surface area contributed by atoms with Crippen molar-refractivity contribution in [2.45, 2.75) is 37.6 Å². The largest absolute Gasteiger partial charge is 0.319 e. The minimum Gasteiger partial charge on any atom is -0.319 e. The van der Waals surface area contributed by atoms with E-state index in [-0.39, 0.29) is 5.78 Å². The van der Waals surface area contributed by atoms with Crippen LogP contribution < -0.4 is 5.73 Å². The highest BCUT2D eigenvalue weighted by molar-refractivity contribution is 9.10. The van der Waals surface area contributed by atoms with E-state index in [0.717, 1.165) is 35.7 Å². The van der Waals surface area contributed by atoms with Crippen molar-refractivity contribution >= 4 is 21.7 Å². The summed E-state index contributed by atoms with van der Waals surface area (Å²) in [6.07, 6.45) is 7.62. The summed E-state index contributed by atoms with van der Waals surface area (Å²) < 4.78 is 0.898. The molecule has 2 N–H and O–H groups in total. The Bertz CT molecular complexity index is 400. The molecule has 86 valence electrons. The molecule has 0 amide bonds. The van der Waals surface area contributed by atoms with E-state index in [1.807, 2.05) is 6.07 Å². The summed E-state index contributed by atoms with van der Waals surface area (Å²) in [6, 6.07) is 1.92. The van der Waals surface area contributed by atoms with Gasteiger partial charge in [-0.15, -0.1) is 0 Å². The second kappa shape index (κ2) is 4.63. The number of carbonyl (C=O) groups excluding carboxylic acids is 1. The van der Waals surface area contributed by atoms with Gasteiger partial charge in [-0.3, -0.25) is 9.78 Å². The third kappa shape index (κ3) is 2.50. The lowest BCUT2D eigenvalue weighted by atomic mass is 9.90. The summed E-state index contributed by atoms with van der Waals surface area (Å²) >= 11 is 3.34. The van der Waals surface area contributed by atoms with Crippen molar-refractivity contribution in [3.8, 4) is 0 Å². The zero-order valence-corrected chi connectivity index (χ0v) is 10.7. The normalized spacial score (nSPS) is 18.6. The van der Waals surface area contributed by atoms with Gasteiger partial charge in [0.2, 0.25) is 0 Å². The number of ketones is 1. The number of aromatic nitrogens is 1. The van der Waals surface area contributed by atoms with Crippen LogP contribution in [0.15, 0.2) is 22.9 Å². The van der Waals surface area contributed by atoms with Crippen LogP contribution in [0, 0.1) is 0 Å². The maximum atomic E-state index is 12.1. The van der Waals surface area contributed by atoms with E-state index in [0.29, 0.717) is 6.42 Å². The number of pyridine rings is 1. The van der Waals surface area contributed by atoms with Gasteiger partial charge in [0.25, 0.3) is 0 Å². The van der Waals surface area contributed by atoms with Crippen LogP contribution in [0.5, 0.6) is 0 Å². The molecule has 1 aromatic heterocycles. The van der Waals surface area contributed by atoms with Gasteiger partial charge in [-0.05, 0) is 40.4 Å². The monoisotopic (exact) mass is 282 g/mol. The van der Waals surface area contributed by atoms with Crippen LogP contribution in [-0.4, -0.2) is 16.3 Å². The van der Waals surface area contributed by atoms with Gasteiger partial charge in [0.1, 0.15) is 0 Å². The number of Topliss-reactive ketones (excluding diaryl/α,β-unsaturated/α-hetero) is 1. The molecular weight excluding hydrogens is 268 g/mol. The highest BCUT2D eigenvalue weighted by Crippen LogP contribution is 2.29. The number of hydrogen-bond acceptors (Lipinski definition) is 3. The van der Waals surface area contributed by atoms with Crippen LogP contribution >= 0.6 is 15.9 Å². The van der Waals surface area contributed by atoms with Crippen LogP contribution in [0.1, 0.15) is 31.2 Å². The molecule has 0 aromatic carbocycles. The van der Waals surface area contributed by atoms with Gasteiger partial charge in [-0.1, -0.05) is 12.8 Å². The van der Waals surface area contributed by atoms with Crippen LogP contribution in [0.3, 0.4) is 0 Å². The lowest BCUT2D eigenvalue weighted by Gasteiger charge is -2.21. The van der Waals surface area contributed by atoms with Crippen LogP contribution in [0.25, 0.3) is 0 Å². The SMILES string of the molecule is NC1(C(=O)Cc2cncc(Br)c2)CCCC1. The topological polar surface area (TPSA) is 56.0 Å². The first kappa shape index (κ1) is 11.7. The molecule has 0 atom stereocenters. The molecule has 1 heterocycles. The molecule has 1 aliphatic carbocycles. The van der Waals surface area contributed by atoms with Gasteiger partial charge in [0.05, 0.1) is 5.54 Å². The molecule has 0 unspecified atom stereocenters. The van der Waals surface area contributed by atoms with Crippen molar-refractivity contribution in [2.24, 2.45) is 5.73 Å². The summed E-state index contributed by atoms with van der Waals surface area (Å²) in [7, 11) is 0. The van der Waals surface area contributed by atoms with E-state index in [9.17, 15) is 4.79 Å². The Kier molecular flexibility index (Phi) is 3.40. The van der Waals surface area contributed by atoms with Crippen LogP contribution in [0.2, 0.25) is 0 Å². The van der Waals surface area contributed by atoms with Crippen molar-refractivity contribution in [3.63, 3.8) is 0 Å². The summed E-state index contributed by atoms with van der Waals surface area (Å²) in [4.78, 5) is 16.1. The molecule has 4 heteroatoms. The zero-order valence-electron chi connectivity index (χ0n) is 9.08. The first-order valence-corrected chi connectivity index (χ1v) is 6.31. The smallest absolute Gasteiger partial charge is 0.157 e. The second-order valence-electron chi connectivity index (χ2n) is 4.47. The quantitative estimate of drug-likeness (QED) is 0.925. The molecule has 0 radical (unpaired) electrons. The molecule has 16 heavy (non-hydrogen) atoms. The molecule has 0 bridgehead atoms. The lowest BCUT2D eigenvalue weighted by molar-refractivity contribution is -0.123. The Hall–Kier alpha value is -0.740. The molecule has 0 spiro atoms. The lowest BCUT2D eigenvalue weighted by Crippen LogP contribution is -2.46. The Balaban J connectivity index is 2.07. The Morgan fingerprint density at radius 1 is 1.44 bits per heavy atom. The maximum absolute atomic E-state index is 12.1. The predicted molar refractivity (Wildman–Crippen MR) is 66.0 cm³/mol. The standard InChI is InChI=1S/C12H15BrN2O/c13-10-5-9(7-15-8-10)6-11(16)12(14)3-1-2-4-12/h5,7-8H,1-4,6,14H2. The zero-order chi connectivity index (χ0) is 11.6. The molecule has 0 saturated heterocycles. The molecule has 1 aliphatic rings. The number of nitrogens with zero attached hydrogens (tertiary/aromatic N) is 1. The second-order valence-corrected chi connectivity index (χ2v) is 5.39. The first-order chi connectivity index (χ1) is 7.60. The minimum atomic E-state index is -0.581. The third-order valence-electron chi connectivity index (χ3n) is 3.18. The highest BCUT2D eigenvalue weighted by atomic mass is 79.9. The van der Waals surface area contributed by atoms with E-state index in [1.54, 1.807) is 12.4 Å². The Morgan fingerprint density at radius 2 is 2.12 bits per heavy atom. The van der Waals surface area contributed by atoms with Crippen molar-refractivity contribution in [2.75, 3.05) is 0 Å². The fourth-order valence-corrected chi connectivity index (χ4v) is 2.61. The number of carbonyl (C=O) groups is 1. The van der Waals surface area contributed by atoms with E-state index >= 15 is 0 Å². The fraction of sp³-hybridized carbons (Fsp3) is 0.500. The van der Waals surface area contributed by atoms with E-state index in [4.69, 9.17) is 5.73 Å². The average Bonchev–Trinajstić information content (AvgIpc) is 2.66. The number of halogens is 1. The number of rotatable bonds is 3. The summed E-state index contributed by atoms with van der Waals surface area (Å²) in [5, 5.41) is 0. The maximum Gasteiger partial charge on any atom is 0.157 e. The minimum absolute atomic E-state index is 0.143. The fourth-order valence-electron chi connectivity index (χ4n) is 2.20. The molecule has 1 aromatic rings. The molecule has 2 rings (SSSR count). The molecule has 1 saturated carbocycles. The Morgan fingerprint density at radius 3 is 2.75 bits per heavy atom. The van der Waals surface area contributed by atoms with Crippen molar-refractivity contribution < 1.29 is 4.79 Å². The van der Waals surface area contributed by atoms with Gasteiger partial charge < -0.3 is 5.73 Å². The average molecular weight is 283 g/mol. The van der Waals surface area contributed by atoms with Crippen molar-refractivity contribution in [1.29, 1.82) is 0 Å². The van der Waals surface area contributed by atoms with Gasteiger partial charge in [0.15, 0.2) is 5.78 Å². The third-order valence-corrected chi connectivity index (χ3v) is 3.61. The summed E-state index contributed by atoms with van der Waals surface area (Å²) in [5.74, 6) is 0.143. The summed E-state index contributed by atoms with van der Waals surface area (Å²) in [5.41, 5.74) is 6.45. The molecule has 0 aliphatic heterocycles. The molecule has 3 nitrogen and oxygen atoms in total. The van der Waals surface area contributed by atoms with Crippen molar-refractivity contribution in [3.05, 3.63) is 28.5 Å². The first-order valence-electron chi connectivity index (χ1n) is 5.52. The van der Waals surface area contributed by atoms with Crippen LogP contribution in [0.4, 0.5) is 0 Å².